The van der Waals surface area contributed by atoms with E-state index in [4.69, 9.17) is 4.74 Å². The second-order valence-corrected chi connectivity index (χ2v) is 9.57. The number of benzene rings is 1. The van der Waals surface area contributed by atoms with Crippen molar-refractivity contribution in [1.82, 2.24) is 9.62 Å². The smallest absolute Gasteiger partial charge is 0.231 e. The van der Waals surface area contributed by atoms with E-state index in [1.54, 1.807) is 9.12 Å². The van der Waals surface area contributed by atoms with E-state index in [-0.39, 0.29) is 29.6 Å². The minimum absolute atomic E-state index is 0.0892. The molecule has 3 aliphatic rings. The lowest BCUT2D eigenvalue weighted by Crippen LogP contribution is -2.41. The molecule has 2 heterocycles. The zero-order chi connectivity index (χ0) is 22.4. The molecule has 1 aromatic rings. The van der Waals surface area contributed by atoms with E-state index < -0.39 is 0 Å². The number of carbonyl (C=O) groups excluding carboxylic acids is 2. The van der Waals surface area contributed by atoms with E-state index in [1.165, 1.54) is 16.7 Å². The van der Waals surface area contributed by atoms with E-state index in [9.17, 15) is 9.59 Å². The summed E-state index contributed by atoms with van der Waals surface area (Å²) >= 11 is 2.28. The summed E-state index contributed by atoms with van der Waals surface area (Å²) in [6.07, 6.45) is 7.47. The third-order valence-corrected chi connectivity index (χ3v) is 8.16. The van der Waals surface area contributed by atoms with Crippen molar-refractivity contribution in [1.29, 1.82) is 0 Å². The van der Waals surface area contributed by atoms with Gasteiger partial charge in [0, 0.05) is 40.7 Å². The lowest BCUT2D eigenvalue weighted by molar-refractivity contribution is -0.126. The molecule has 2 fully saturated rings. The minimum atomic E-state index is -0.225. The molecule has 0 aromatic heterocycles. The molecule has 3 atom stereocenters. The first-order valence-electron chi connectivity index (χ1n) is 10.6. The summed E-state index contributed by atoms with van der Waals surface area (Å²) in [7, 11) is 1.69. The Labute approximate surface area is 201 Å². The summed E-state index contributed by atoms with van der Waals surface area (Å²) in [5.41, 5.74) is 3.64. The van der Waals surface area contributed by atoms with Gasteiger partial charge in [0.2, 0.25) is 11.8 Å². The molecule has 31 heavy (non-hydrogen) atoms. The molecule has 1 aromatic carbocycles. The highest BCUT2D eigenvalue weighted by atomic mass is 127. The lowest BCUT2D eigenvalue weighted by Gasteiger charge is -2.40. The van der Waals surface area contributed by atoms with Gasteiger partial charge >= 0.3 is 0 Å². The molecule has 5 nitrogen and oxygen atoms in total. The number of nitrogens with zero attached hydrogens (tertiary/aromatic N) is 1. The van der Waals surface area contributed by atoms with Crippen molar-refractivity contribution in [3.63, 3.8) is 0 Å². The topological polar surface area (TPSA) is 58.6 Å². The zero-order valence-electron chi connectivity index (χ0n) is 18.0. The SMILES string of the molecule is C=Cc1ccccc1/C=C\C.CCOC1=C2CN(SI)CCC2C2C(=O)NC(=O)C2C1. The molecule has 3 unspecified atom stereocenters. The van der Waals surface area contributed by atoms with Gasteiger partial charge in [0.1, 0.15) is 0 Å². The van der Waals surface area contributed by atoms with Crippen LogP contribution >= 0.6 is 30.3 Å². The van der Waals surface area contributed by atoms with Crippen molar-refractivity contribution in [2.24, 2.45) is 17.8 Å². The van der Waals surface area contributed by atoms with Crippen LogP contribution < -0.4 is 5.32 Å². The number of fused-ring (bicyclic) bond motifs is 3. The molecule has 0 bridgehead atoms. The molecule has 166 valence electrons. The lowest BCUT2D eigenvalue weighted by atomic mass is 9.69. The quantitative estimate of drug-likeness (QED) is 0.307. The van der Waals surface area contributed by atoms with Crippen molar-refractivity contribution < 1.29 is 14.3 Å². The number of hydrogen-bond acceptors (Lipinski definition) is 5. The van der Waals surface area contributed by atoms with Crippen LogP contribution in [0.15, 0.2) is 48.3 Å². The number of nitrogens with one attached hydrogen (secondary N) is 1. The number of halogens is 1. The number of amides is 2. The van der Waals surface area contributed by atoms with Crippen LogP contribution in [0.3, 0.4) is 0 Å². The van der Waals surface area contributed by atoms with E-state index in [2.05, 4.69) is 55.6 Å². The number of imide groups is 1. The molecular weight excluding hydrogens is 523 g/mol. The maximum absolute atomic E-state index is 12.1. The van der Waals surface area contributed by atoms with Gasteiger partial charge < -0.3 is 4.74 Å². The Bertz CT molecular complexity index is 899. The van der Waals surface area contributed by atoms with Crippen LogP contribution in [0.1, 0.15) is 37.8 Å². The Morgan fingerprint density at radius 3 is 2.65 bits per heavy atom. The Morgan fingerprint density at radius 2 is 2.00 bits per heavy atom. The third-order valence-electron chi connectivity index (χ3n) is 5.98. The molecule has 1 N–H and O–H groups in total. The van der Waals surface area contributed by atoms with Gasteiger partial charge in [-0.25, -0.2) is 4.31 Å². The summed E-state index contributed by atoms with van der Waals surface area (Å²) < 4.78 is 8.07. The average molecular weight is 552 g/mol. The predicted molar refractivity (Wildman–Crippen MR) is 136 cm³/mol. The fraction of sp³-hybridized carbons (Fsp3) is 0.417. The second kappa shape index (κ2) is 11.3. The number of rotatable bonds is 5. The first-order chi connectivity index (χ1) is 15.0. The van der Waals surface area contributed by atoms with Crippen molar-refractivity contribution in [3.05, 3.63) is 59.4 Å². The number of ether oxygens (including phenoxy) is 1. The zero-order valence-corrected chi connectivity index (χ0v) is 20.9. The van der Waals surface area contributed by atoms with Gasteiger partial charge in [0.15, 0.2) is 0 Å². The van der Waals surface area contributed by atoms with Crippen LogP contribution in [0.2, 0.25) is 0 Å². The van der Waals surface area contributed by atoms with E-state index in [0.29, 0.717) is 13.0 Å². The molecule has 4 rings (SSSR count). The summed E-state index contributed by atoms with van der Waals surface area (Å²) in [6.45, 7) is 10.1. The van der Waals surface area contributed by atoms with Gasteiger partial charge in [-0.1, -0.05) is 49.1 Å². The average Bonchev–Trinajstić information content (AvgIpc) is 3.08. The van der Waals surface area contributed by atoms with Crippen LogP contribution in [0.4, 0.5) is 0 Å². The van der Waals surface area contributed by atoms with Gasteiger partial charge in [0.05, 0.1) is 24.2 Å². The number of allylic oxidation sites excluding steroid dienone is 2. The molecule has 2 saturated heterocycles. The van der Waals surface area contributed by atoms with Crippen LogP contribution in [-0.4, -0.2) is 35.8 Å². The Balaban J connectivity index is 0.000000210. The normalized spacial score (nSPS) is 25.5. The highest BCUT2D eigenvalue weighted by Crippen LogP contribution is 2.46. The number of hydrogen-bond donors (Lipinski definition) is 1. The standard InChI is InChI=1S/C13H17IN2O3S.C11H12/c1-2-19-10-5-8-11(13(18)15-12(8)17)7-3-4-16(20-14)6-9(7)10;1-3-7-11-9-6-5-8-10(11)4-2/h7-8,11H,2-6H2,1H3,(H,15,17,18);3-9H,2H2,1H3/b;7-3-. The van der Waals surface area contributed by atoms with Gasteiger partial charge in [-0.2, -0.15) is 0 Å². The summed E-state index contributed by atoms with van der Waals surface area (Å²) in [4.78, 5) is 24.0. The fourth-order valence-electron chi connectivity index (χ4n) is 4.60. The second-order valence-electron chi connectivity index (χ2n) is 7.73. The molecule has 0 saturated carbocycles. The number of carbonyl (C=O) groups is 2. The van der Waals surface area contributed by atoms with Gasteiger partial charge in [-0.3, -0.25) is 14.9 Å². The first kappa shape index (κ1) is 24.1. The molecule has 0 spiro atoms. The maximum Gasteiger partial charge on any atom is 0.231 e. The van der Waals surface area contributed by atoms with Crippen molar-refractivity contribution >= 4 is 54.3 Å². The first-order valence-corrected chi connectivity index (χ1v) is 13.9. The van der Waals surface area contributed by atoms with E-state index >= 15 is 0 Å². The van der Waals surface area contributed by atoms with Gasteiger partial charge in [-0.05, 0) is 52.0 Å². The highest BCUT2D eigenvalue weighted by molar-refractivity contribution is 14.2. The van der Waals surface area contributed by atoms with Gasteiger partial charge in [0.25, 0.3) is 0 Å². The Hall–Kier alpha value is -1.58. The van der Waals surface area contributed by atoms with Crippen LogP contribution in [0.5, 0.6) is 0 Å². The van der Waals surface area contributed by atoms with Crippen LogP contribution in [0.25, 0.3) is 12.2 Å². The molecular formula is C24H29IN2O3S. The van der Waals surface area contributed by atoms with Gasteiger partial charge in [-0.15, -0.1) is 0 Å². The summed E-state index contributed by atoms with van der Waals surface area (Å²) in [6, 6.07) is 8.19. The minimum Gasteiger partial charge on any atom is -0.498 e. The van der Waals surface area contributed by atoms with Crippen molar-refractivity contribution in [3.8, 4) is 0 Å². The fourth-order valence-corrected chi connectivity index (χ4v) is 5.98. The Morgan fingerprint density at radius 1 is 1.26 bits per heavy atom. The van der Waals surface area contributed by atoms with Crippen LogP contribution in [0, 0.1) is 17.8 Å². The Kier molecular flexibility index (Phi) is 8.80. The molecule has 2 amide bonds. The van der Waals surface area contributed by atoms with Crippen molar-refractivity contribution in [2.75, 3.05) is 19.7 Å². The van der Waals surface area contributed by atoms with Crippen molar-refractivity contribution in [2.45, 2.75) is 26.7 Å². The molecule has 2 aliphatic heterocycles. The molecule has 7 heteroatoms. The van der Waals surface area contributed by atoms with Crippen LogP contribution in [-0.2, 0) is 14.3 Å². The summed E-state index contributed by atoms with van der Waals surface area (Å²) in [5.74, 6) is 0.496. The van der Waals surface area contributed by atoms with E-state index in [1.807, 2.05) is 38.1 Å². The third kappa shape index (κ3) is 5.43. The predicted octanol–water partition coefficient (Wildman–Crippen LogP) is 5.25. The maximum atomic E-state index is 12.1. The molecule has 0 radical (unpaired) electrons. The molecule has 1 aliphatic carbocycles. The monoisotopic (exact) mass is 552 g/mol. The number of piperidine rings is 1. The van der Waals surface area contributed by atoms with E-state index in [0.717, 1.165) is 25.3 Å². The highest BCUT2D eigenvalue weighted by Gasteiger charge is 2.51. The largest absolute Gasteiger partial charge is 0.498 e. The summed E-state index contributed by atoms with van der Waals surface area (Å²) in [5, 5.41) is 2.50.